The van der Waals surface area contributed by atoms with Gasteiger partial charge in [0.1, 0.15) is 5.82 Å². The number of nitrogens with zero attached hydrogens (tertiary/aromatic N) is 1. The molecular weight excluding hydrogens is 379 g/mol. The van der Waals surface area contributed by atoms with Gasteiger partial charge in [-0.2, -0.15) is 0 Å². The monoisotopic (exact) mass is 390 g/mol. The molecule has 1 aromatic heterocycles. The third-order valence-electron chi connectivity index (χ3n) is 3.51. The van der Waals surface area contributed by atoms with Crippen molar-refractivity contribution in [3.63, 3.8) is 0 Å². The smallest absolute Gasteiger partial charge is 0.337 e. The SMILES string of the molecule is COC(=O)c1ccc(C(=O)Nc2nc(-c3ccc(F)c(Cl)c3)cs2)cc1. The Hall–Kier alpha value is -2.77. The quantitative estimate of drug-likeness (QED) is 0.659. The van der Waals surface area contributed by atoms with Gasteiger partial charge in [0.05, 0.1) is 23.4 Å². The normalized spacial score (nSPS) is 10.4. The lowest BCUT2D eigenvalue weighted by Crippen LogP contribution is -2.12. The molecule has 5 nitrogen and oxygen atoms in total. The van der Waals surface area contributed by atoms with E-state index in [9.17, 15) is 14.0 Å². The van der Waals surface area contributed by atoms with Crippen molar-refractivity contribution >= 4 is 39.9 Å². The number of nitrogens with one attached hydrogen (secondary N) is 1. The molecule has 1 N–H and O–H groups in total. The van der Waals surface area contributed by atoms with Crippen LogP contribution in [0, 0.1) is 5.82 Å². The van der Waals surface area contributed by atoms with E-state index in [0.717, 1.165) is 0 Å². The van der Waals surface area contributed by atoms with Gasteiger partial charge in [0.25, 0.3) is 5.91 Å². The Labute approximate surface area is 157 Å². The van der Waals surface area contributed by atoms with Gasteiger partial charge in [0, 0.05) is 16.5 Å². The van der Waals surface area contributed by atoms with Crippen molar-refractivity contribution < 1.29 is 18.7 Å². The van der Waals surface area contributed by atoms with Crippen LogP contribution < -0.4 is 5.32 Å². The number of thiazole rings is 1. The molecule has 1 heterocycles. The summed E-state index contributed by atoms with van der Waals surface area (Å²) in [5.41, 5.74) is 1.96. The molecule has 0 atom stereocenters. The summed E-state index contributed by atoms with van der Waals surface area (Å²) in [7, 11) is 1.29. The molecule has 0 aliphatic rings. The highest BCUT2D eigenvalue weighted by molar-refractivity contribution is 7.14. The predicted molar refractivity (Wildman–Crippen MR) is 98.3 cm³/mol. The van der Waals surface area contributed by atoms with Crippen LogP contribution >= 0.6 is 22.9 Å². The van der Waals surface area contributed by atoms with Crippen molar-refractivity contribution in [1.82, 2.24) is 4.98 Å². The molecule has 0 fully saturated rings. The first-order valence-corrected chi connectivity index (χ1v) is 8.64. The van der Waals surface area contributed by atoms with Crippen LogP contribution in [-0.2, 0) is 4.74 Å². The van der Waals surface area contributed by atoms with Crippen LogP contribution in [0.25, 0.3) is 11.3 Å². The number of hydrogen-bond donors (Lipinski definition) is 1. The number of ether oxygens (including phenoxy) is 1. The topological polar surface area (TPSA) is 68.3 Å². The van der Waals surface area contributed by atoms with Gasteiger partial charge in [0.2, 0.25) is 0 Å². The summed E-state index contributed by atoms with van der Waals surface area (Å²) in [5, 5.41) is 4.82. The summed E-state index contributed by atoms with van der Waals surface area (Å²) in [6.45, 7) is 0. The first-order chi connectivity index (χ1) is 12.5. The van der Waals surface area contributed by atoms with Gasteiger partial charge in [-0.25, -0.2) is 14.2 Å². The summed E-state index contributed by atoms with van der Waals surface area (Å²) in [5.74, 6) is -1.34. The molecule has 0 bridgehead atoms. The number of amides is 1. The second-order valence-corrected chi connectivity index (χ2v) is 6.46. The zero-order valence-corrected chi connectivity index (χ0v) is 15.0. The molecule has 0 aliphatic carbocycles. The maximum atomic E-state index is 13.2. The lowest BCUT2D eigenvalue weighted by molar-refractivity contribution is 0.0600. The van der Waals surface area contributed by atoms with E-state index in [-0.39, 0.29) is 10.9 Å². The predicted octanol–water partition coefficient (Wildman–Crippen LogP) is 4.64. The third-order valence-corrected chi connectivity index (χ3v) is 4.56. The summed E-state index contributed by atoms with van der Waals surface area (Å²) < 4.78 is 17.9. The number of esters is 1. The van der Waals surface area contributed by atoms with Crippen molar-refractivity contribution in [2.24, 2.45) is 0 Å². The van der Waals surface area contributed by atoms with Crippen LogP contribution in [0.5, 0.6) is 0 Å². The molecule has 132 valence electrons. The van der Waals surface area contributed by atoms with Crippen LogP contribution in [0.1, 0.15) is 20.7 Å². The molecule has 26 heavy (non-hydrogen) atoms. The zero-order valence-electron chi connectivity index (χ0n) is 13.5. The number of aromatic nitrogens is 1. The molecule has 0 aliphatic heterocycles. The molecule has 0 spiro atoms. The summed E-state index contributed by atoms with van der Waals surface area (Å²) >= 11 is 7.01. The molecule has 2 aromatic carbocycles. The maximum Gasteiger partial charge on any atom is 0.337 e. The first-order valence-electron chi connectivity index (χ1n) is 7.38. The Morgan fingerprint density at radius 1 is 1.15 bits per heavy atom. The molecule has 0 unspecified atom stereocenters. The van der Waals surface area contributed by atoms with E-state index in [4.69, 9.17) is 11.6 Å². The van der Waals surface area contributed by atoms with Crippen LogP contribution in [0.2, 0.25) is 5.02 Å². The highest BCUT2D eigenvalue weighted by atomic mass is 35.5. The van der Waals surface area contributed by atoms with Crippen molar-refractivity contribution in [3.05, 3.63) is 69.8 Å². The van der Waals surface area contributed by atoms with Gasteiger partial charge in [-0.15, -0.1) is 11.3 Å². The Balaban J connectivity index is 1.73. The number of anilines is 1. The number of halogens is 2. The van der Waals surface area contributed by atoms with E-state index in [0.29, 0.717) is 27.5 Å². The van der Waals surface area contributed by atoms with E-state index in [1.165, 1.54) is 54.8 Å². The van der Waals surface area contributed by atoms with Crippen LogP contribution in [0.3, 0.4) is 0 Å². The average Bonchev–Trinajstić information content (AvgIpc) is 3.12. The Morgan fingerprint density at radius 3 is 2.50 bits per heavy atom. The number of methoxy groups -OCH3 is 1. The number of benzene rings is 2. The number of hydrogen-bond acceptors (Lipinski definition) is 5. The average molecular weight is 391 g/mol. The zero-order chi connectivity index (χ0) is 18.7. The van der Waals surface area contributed by atoms with Crippen LogP contribution in [-0.4, -0.2) is 24.0 Å². The van der Waals surface area contributed by atoms with Crippen molar-refractivity contribution in [3.8, 4) is 11.3 Å². The fourth-order valence-corrected chi connectivity index (χ4v) is 3.06. The second-order valence-electron chi connectivity index (χ2n) is 5.19. The molecule has 1 amide bonds. The summed E-state index contributed by atoms with van der Waals surface area (Å²) in [4.78, 5) is 28.0. The van der Waals surface area contributed by atoms with Gasteiger partial charge in [-0.3, -0.25) is 10.1 Å². The van der Waals surface area contributed by atoms with E-state index in [1.807, 2.05) is 0 Å². The Morgan fingerprint density at radius 2 is 1.85 bits per heavy atom. The molecule has 0 radical (unpaired) electrons. The highest BCUT2D eigenvalue weighted by Crippen LogP contribution is 2.28. The van der Waals surface area contributed by atoms with Crippen molar-refractivity contribution in [2.45, 2.75) is 0 Å². The molecule has 3 rings (SSSR count). The van der Waals surface area contributed by atoms with Gasteiger partial charge in [0.15, 0.2) is 5.13 Å². The molecule has 0 saturated carbocycles. The minimum atomic E-state index is -0.505. The van der Waals surface area contributed by atoms with E-state index < -0.39 is 11.8 Å². The number of carbonyl (C=O) groups is 2. The molecule has 0 saturated heterocycles. The summed E-state index contributed by atoms with van der Waals surface area (Å²) in [6.07, 6.45) is 0. The van der Waals surface area contributed by atoms with Crippen molar-refractivity contribution in [2.75, 3.05) is 12.4 Å². The van der Waals surface area contributed by atoms with Crippen LogP contribution in [0.4, 0.5) is 9.52 Å². The Kier molecular flexibility index (Phi) is 5.29. The van der Waals surface area contributed by atoms with Gasteiger partial charge >= 0.3 is 5.97 Å². The lowest BCUT2D eigenvalue weighted by Gasteiger charge is -2.03. The summed E-state index contributed by atoms with van der Waals surface area (Å²) in [6, 6.07) is 10.4. The maximum absolute atomic E-state index is 13.2. The molecule has 8 heteroatoms. The number of rotatable bonds is 4. The van der Waals surface area contributed by atoms with E-state index >= 15 is 0 Å². The van der Waals surface area contributed by atoms with E-state index in [1.54, 1.807) is 11.4 Å². The van der Waals surface area contributed by atoms with Gasteiger partial charge in [-0.05, 0) is 42.5 Å². The largest absolute Gasteiger partial charge is 0.465 e. The second kappa shape index (κ2) is 7.63. The molecule has 3 aromatic rings. The van der Waals surface area contributed by atoms with Gasteiger partial charge in [-0.1, -0.05) is 11.6 Å². The number of carbonyl (C=O) groups excluding carboxylic acids is 2. The van der Waals surface area contributed by atoms with E-state index in [2.05, 4.69) is 15.0 Å². The fraction of sp³-hybridized carbons (Fsp3) is 0.0556. The van der Waals surface area contributed by atoms with Crippen LogP contribution in [0.15, 0.2) is 47.8 Å². The van der Waals surface area contributed by atoms with Gasteiger partial charge < -0.3 is 4.74 Å². The fourth-order valence-electron chi connectivity index (χ4n) is 2.16. The molecular formula is C18H12ClFN2O3S. The lowest BCUT2D eigenvalue weighted by atomic mass is 10.1. The Bertz CT molecular complexity index is 973. The minimum absolute atomic E-state index is 0.00628. The minimum Gasteiger partial charge on any atom is -0.465 e. The van der Waals surface area contributed by atoms with Crippen molar-refractivity contribution in [1.29, 1.82) is 0 Å². The highest BCUT2D eigenvalue weighted by Gasteiger charge is 2.12. The third kappa shape index (κ3) is 3.89. The first kappa shape index (κ1) is 18.0. The standard InChI is InChI=1S/C18H12ClFN2O3S/c1-25-17(24)11-4-2-10(3-5-11)16(23)22-18-21-15(9-26-18)12-6-7-14(20)13(19)8-12/h2-9H,1H3,(H,21,22,23).